The molecule has 0 aliphatic heterocycles. The number of furan rings is 1. The van der Waals surface area contributed by atoms with E-state index in [4.69, 9.17) is 4.42 Å². The smallest absolute Gasteiger partial charge is 0.287 e. The highest BCUT2D eigenvalue weighted by Gasteiger charge is 2.11. The Bertz CT molecular complexity index is 695. The molecule has 0 aliphatic rings. The van der Waals surface area contributed by atoms with Gasteiger partial charge in [0.05, 0.1) is 12.8 Å². The van der Waals surface area contributed by atoms with Crippen molar-refractivity contribution < 1.29 is 9.21 Å². The van der Waals surface area contributed by atoms with Crippen LogP contribution in [0.3, 0.4) is 0 Å². The van der Waals surface area contributed by atoms with E-state index in [0.717, 1.165) is 16.3 Å². The normalized spacial score (nSPS) is 10.4. The van der Waals surface area contributed by atoms with E-state index in [1.165, 1.54) is 12.3 Å². The van der Waals surface area contributed by atoms with Crippen LogP contribution in [0.1, 0.15) is 16.1 Å². The summed E-state index contributed by atoms with van der Waals surface area (Å²) in [5.74, 6) is -0.109. The minimum absolute atomic E-state index is 0.181. The number of aromatic nitrogens is 2. The summed E-state index contributed by atoms with van der Waals surface area (Å²) in [6.07, 6.45) is 1.43. The number of rotatable bonds is 4. The van der Waals surface area contributed by atoms with Gasteiger partial charge in [-0.05, 0) is 13.0 Å². The fraction of sp³-hybridized carbons (Fsp3) is 0.250. The minimum Gasteiger partial charge on any atom is -0.459 e. The van der Waals surface area contributed by atoms with Gasteiger partial charge in [-0.3, -0.25) is 19.5 Å². The lowest BCUT2D eigenvalue weighted by atomic mass is 10.3. The molecule has 0 atom stereocenters. The number of aromatic amines is 1. The van der Waals surface area contributed by atoms with Crippen LogP contribution in [0.4, 0.5) is 0 Å². The molecule has 7 heteroatoms. The molecule has 0 spiro atoms. The zero-order chi connectivity index (χ0) is 13.8. The van der Waals surface area contributed by atoms with Crippen LogP contribution in [0.15, 0.2) is 38.5 Å². The quantitative estimate of drug-likeness (QED) is 0.802. The fourth-order valence-electron chi connectivity index (χ4n) is 1.60. The lowest BCUT2D eigenvalue weighted by Gasteiger charge is -2.06. The van der Waals surface area contributed by atoms with E-state index in [0.29, 0.717) is 0 Å². The lowest BCUT2D eigenvalue weighted by molar-refractivity contribution is 0.0923. The van der Waals surface area contributed by atoms with Crippen molar-refractivity contribution >= 4 is 5.91 Å². The second-order valence-corrected chi connectivity index (χ2v) is 3.99. The fourth-order valence-corrected chi connectivity index (χ4v) is 1.60. The average molecular weight is 263 g/mol. The zero-order valence-electron chi connectivity index (χ0n) is 10.3. The summed E-state index contributed by atoms with van der Waals surface area (Å²) < 4.78 is 6.17. The molecule has 100 valence electrons. The van der Waals surface area contributed by atoms with Crippen LogP contribution in [0.25, 0.3) is 0 Å². The molecule has 0 radical (unpaired) electrons. The summed E-state index contributed by atoms with van der Waals surface area (Å²) in [5.41, 5.74) is 0.0404. The van der Waals surface area contributed by atoms with Crippen LogP contribution < -0.4 is 16.4 Å². The van der Waals surface area contributed by atoms with Crippen molar-refractivity contribution in [3.63, 3.8) is 0 Å². The topological polar surface area (TPSA) is 97.1 Å². The number of H-pyrrole nitrogens is 1. The molecule has 0 bridgehead atoms. The van der Waals surface area contributed by atoms with Crippen molar-refractivity contribution in [1.82, 2.24) is 15.1 Å². The summed E-state index contributed by atoms with van der Waals surface area (Å²) in [7, 11) is 0. The molecule has 0 aliphatic carbocycles. The van der Waals surface area contributed by atoms with Crippen molar-refractivity contribution in [3.05, 3.63) is 56.5 Å². The van der Waals surface area contributed by atoms with Crippen LogP contribution in [0.2, 0.25) is 0 Å². The van der Waals surface area contributed by atoms with E-state index in [9.17, 15) is 14.4 Å². The molecule has 19 heavy (non-hydrogen) atoms. The first-order valence-corrected chi connectivity index (χ1v) is 5.70. The number of hydrogen-bond donors (Lipinski definition) is 2. The van der Waals surface area contributed by atoms with E-state index in [2.05, 4.69) is 10.4 Å². The number of nitrogens with zero attached hydrogens (tertiary/aromatic N) is 1. The van der Waals surface area contributed by atoms with E-state index in [1.54, 1.807) is 13.0 Å². The first-order chi connectivity index (χ1) is 9.08. The monoisotopic (exact) mass is 263 g/mol. The SMILES string of the molecule is Cc1ccoc1C(=O)NCCn1[nH]c(=O)ccc1=O. The van der Waals surface area contributed by atoms with Crippen LogP contribution in [-0.2, 0) is 6.54 Å². The van der Waals surface area contributed by atoms with Gasteiger partial charge >= 0.3 is 0 Å². The number of nitrogens with one attached hydrogen (secondary N) is 2. The van der Waals surface area contributed by atoms with Gasteiger partial charge in [-0.25, -0.2) is 4.68 Å². The Morgan fingerprint density at radius 1 is 1.37 bits per heavy atom. The maximum atomic E-state index is 11.7. The van der Waals surface area contributed by atoms with Gasteiger partial charge in [0.2, 0.25) is 0 Å². The average Bonchev–Trinajstić information content (AvgIpc) is 2.80. The predicted octanol–water partition coefficient (Wildman–Crippen LogP) is -0.132. The van der Waals surface area contributed by atoms with Crippen LogP contribution in [-0.4, -0.2) is 22.2 Å². The lowest BCUT2D eigenvalue weighted by Crippen LogP contribution is -2.34. The van der Waals surface area contributed by atoms with Crippen LogP contribution >= 0.6 is 0 Å². The summed E-state index contributed by atoms with van der Waals surface area (Å²) in [6.45, 7) is 2.15. The van der Waals surface area contributed by atoms with E-state index >= 15 is 0 Å². The molecular formula is C12H13N3O4. The van der Waals surface area contributed by atoms with E-state index < -0.39 is 0 Å². The Hall–Kier alpha value is -2.57. The number of amides is 1. The van der Waals surface area contributed by atoms with Crippen LogP contribution in [0.5, 0.6) is 0 Å². The first-order valence-electron chi connectivity index (χ1n) is 5.70. The minimum atomic E-state index is -0.368. The maximum Gasteiger partial charge on any atom is 0.287 e. The van der Waals surface area contributed by atoms with Gasteiger partial charge in [0.15, 0.2) is 5.76 Å². The van der Waals surface area contributed by atoms with Crippen molar-refractivity contribution in [2.75, 3.05) is 6.54 Å². The number of hydrogen-bond acceptors (Lipinski definition) is 4. The zero-order valence-corrected chi connectivity index (χ0v) is 10.3. The van der Waals surface area contributed by atoms with Gasteiger partial charge in [-0.15, -0.1) is 0 Å². The van der Waals surface area contributed by atoms with Gasteiger partial charge in [0, 0.05) is 24.2 Å². The van der Waals surface area contributed by atoms with E-state index in [1.807, 2.05) is 0 Å². The molecule has 1 amide bonds. The Morgan fingerprint density at radius 2 is 2.16 bits per heavy atom. The van der Waals surface area contributed by atoms with Crippen molar-refractivity contribution in [2.24, 2.45) is 0 Å². The number of carbonyl (C=O) groups excluding carboxylic acids is 1. The standard InChI is InChI=1S/C12H13N3O4/c1-8-4-7-19-11(8)12(18)13-5-6-15-10(17)3-2-9(16)14-15/h2-4,7H,5-6H2,1H3,(H,13,18)(H,14,16). The molecule has 2 aromatic heterocycles. The highest BCUT2D eigenvalue weighted by molar-refractivity contribution is 5.92. The Kier molecular flexibility index (Phi) is 3.65. The molecule has 0 saturated heterocycles. The van der Waals surface area contributed by atoms with Crippen LogP contribution in [0, 0.1) is 6.92 Å². The number of carbonyl (C=O) groups is 1. The molecule has 2 heterocycles. The highest BCUT2D eigenvalue weighted by Crippen LogP contribution is 2.07. The first kappa shape index (κ1) is 12.9. The highest BCUT2D eigenvalue weighted by atomic mass is 16.3. The molecule has 7 nitrogen and oxygen atoms in total. The van der Waals surface area contributed by atoms with Crippen molar-refractivity contribution in [1.29, 1.82) is 0 Å². The largest absolute Gasteiger partial charge is 0.459 e. The molecule has 2 aromatic rings. The third kappa shape index (κ3) is 3.01. The maximum absolute atomic E-state index is 11.7. The molecule has 0 fully saturated rings. The molecule has 2 rings (SSSR count). The second kappa shape index (κ2) is 5.38. The van der Waals surface area contributed by atoms with Gasteiger partial charge in [0.25, 0.3) is 17.0 Å². The summed E-state index contributed by atoms with van der Waals surface area (Å²) in [5, 5.41) is 4.98. The number of aryl methyl sites for hydroxylation is 1. The summed E-state index contributed by atoms with van der Waals surface area (Å²) in [6, 6.07) is 4.02. The summed E-state index contributed by atoms with van der Waals surface area (Å²) >= 11 is 0. The van der Waals surface area contributed by atoms with Gasteiger partial charge in [-0.1, -0.05) is 0 Å². The third-order valence-electron chi connectivity index (χ3n) is 2.58. The second-order valence-electron chi connectivity index (χ2n) is 3.99. The van der Waals surface area contributed by atoms with Gasteiger partial charge in [0.1, 0.15) is 0 Å². The third-order valence-corrected chi connectivity index (χ3v) is 2.58. The van der Waals surface area contributed by atoms with Crippen molar-refractivity contribution in [2.45, 2.75) is 13.5 Å². The Labute approximate surface area is 107 Å². The molecule has 0 saturated carbocycles. The molecule has 0 unspecified atom stereocenters. The molecule has 2 N–H and O–H groups in total. The van der Waals surface area contributed by atoms with E-state index in [-0.39, 0.29) is 35.9 Å². The van der Waals surface area contributed by atoms with Crippen molar-refractivity contribution in [3.8, 4) is 0 Å². The Balaban J connectivity index is 1.96. The van der Waals surface area contributed by atoms with Gasteiger partial charge in [-0.2, -0.15) is 0 Å². The predicted molar refractivity (Wildman–Crippen MR) is 67.1 cm³/mol. The summed E-state index contributed by atoms with van der Waals surface area (Å²) in [4.78, 5) is 34.1. The van der Waals surface area contributed by atoms with Gasteiger partial charge < -0.3 is 9.73 Å². The molecule has 0 aromatic carbocycles. The Morgan fingerprint density at radius 3 is 2.84 bits per heavy atom. The molecular weight excluding hydrogens is 250 g/mol.